The monoisotopic (exact) mass is 222 g/mol. The van der Waals surface area contributed by atoms with E-state index in [1.807, 2.05) is 25.1 Å². The summed E-state index contributed by atoms with van der Waals surface area (Å²) < 4.78 is 5.10. The molecule has 1 saturated heterocycles. The molecule has 0 amide bonds. The third kappa shape index (κ3) is 2.75. The van der Waals surface area contributed by atoms with Gasteiger partial charge in [0, 0.05) is 12.2 Å². The van der Waals surface area contributed by atoms with Gasteiger partial charge in [-0.3, -0.25) is 4.79 Å². The number of cyclic esters (lactones) is 1. The van der Waals surface area contributed by atoms with Gasteiger partial charge in [-0.15, -0.1) is 11.8 Å². The molecule has 80 valence electrons. The van der Waals surface area contributed by atoms with Crippen molar-refractivity contribution in [2.24, 2.45) is 0 Å². The zero-order chi connectivity index (χ0) is 10.7. The van der Waals surface area contributed by atoms with Crippen LogP contribution in [0, 0.1) is 0 Å². The van der Waals surface area contributed by atoms with Crippen molar-refractivity contribution < 1.29 is 9.53 Å². The first kappa shape index (κ1) is 10.6. The van der Waals surface area contributed by atoms with Gasteiger partial charge in [0.25, 0.3) is 0 Å². The van der Waals surface area contributed by atoms with E-state index in [9.17, 15) is 4.79 Å². The summed E-state index contributed by atoms with van der Waals surface area (Å²) in [6.45, 7) is 1.95. The van der Waals surface area contributed by atoms with E-state index in [1.165, 1.54) is 5.56 Å². The van der Waals surface area contributed by atoms with Crippen LogP contribution in [-0.4, -0.2) is 17.3 Å². The molecular formula is C12H14O2S. The predicted octanol–water partition coefficient (Wildman–Crippen LogP) is 2.62. The summed E-state index contributed by atoms with van der Waals surface area (Å²) in [7, 11) is 0. The highest BCUT2D eigenvalue weighted by Crippen LogP contribution is 2.28. The fourth-order valence-electron chi connectivity index (χ4n) is 1.63. The lowest BCUT2D eigenvalue weighted by Gasteiger charge is -2.04. The summed E-state index contributed by atoms with van der Waals surface area (Å²) in [5.41, 5.74) is 1.26. The first-order valence-electron chi connectivity index (χ1n) is 5.12. The molecule has 1 heterocycles. The Morgan fingerprint density at radius 2 is 2.13 bits per heavy atom. The SMILES string of the molecule is C[C@@H]1C[C@@H](SCc2ccccc2)C(=O)O1. The third-order valence-electron chi connectivity index (χ3n) is 2.42. The highest BCUT2D eigenvalue weighted by molar-refractivity contribution is 7.99. The lowest BCUT2D eigenvalue weighted by atomic mass is 10.2. The summed E-state index contributed by atoms with van der Waals surface area (Å²) in [6, 6.07) is 10.2. The van der Waals surface area contributed by atoms with Crippen molar-refractivity contribution in [2.75, 3.05) is 0 Å². The van der Waals surface area contributed by atoms with Crippen LogP contribution in [0.25, 0.3) is 0 Å². The number of ether oxygens (including phenoxy) is 1. The maximum atomic E-state index is 11.4. The molecule has 0 aromatic heterocycles. The van der Waals surface area contributed by atoms with Crippen molar-refractivity contribution in [2.45, 2.75) is 30.5 Å². The van der Waals surface area contributed by atoms with Crippen LogP contribution in [0.3, 0.4) is 0 Å². The predicted molar refractivity (Wildman–Crippen MR) is 61.7 cm³/mol. The lowest BCUT2D eigenvalue weighted by Crippen LogP contribution is -2.09. The molecule has 0 radical (unpaired) electrons. The van der Waals surface area contributed by atoms with Crippen LogP contribution in [0.2, 0.25) is 0 Å². The largest absolute Gasteiger partial charge is 0.462 e. The second kappa shape index (κ2) is 4.71. The van der Waals surface area contributed by atoms with E-state index in [-0.39, 0.29) is 17.3 Å². The van der Waals surface area contributed by atoms with E-state index < -0.39 is 0 Å². The Morgan fingerprint density at radius 3 is 2.73 bits per heavy atom. The van der Waals surface area contributed by atoms with Gasteiger partial charge in [-0.05, 0) is 12.5 Å². The van der Waals surface area contributed by atoms with Crippen molar-refractivity contribution in [3.05, 3.63) is 35.9 Å². The smallest absolute Gasteiger partial charge is 0.319 e. The molecule has 2 rings (SSSR count). The molecule has 0 N–H and O–H groups in total. The average molecular weight is 222 g/mol. The quantitative estimate of drug-likeness (QED) is 0.735. The van der Waals surface area contributed by atoms with E-state index in [4.69, 9.17) is 4.74 Å². The Balaban J connectivity index is 1.86. The Bertz CT molecular complexity index is 337. The molecule has 2 nitrogen and oxygen atoms in total. The van der Waals surface area contributed by atoms with Gasteiger partial charge < -0.3 is 4.74 Å². The van der Waals surface area contributed by atoms with Gasteiger partial charge in [0.2, 0.25) is 0 Å². The number of esters is 1. The second-order valence-corrected chi connectivity index (χ2v) is 4.96. The number of hydrogen-bond donors (Lipinski definition) is 0. The van der Waals surface area contributed by atoms with E-state index in [0.717, 1.165) is 12.2 Å². The number of carbonyl (C=O) groups excluding carboxylic acids is 1. The third-order valence-corrected chi connectivity index (χ3v) is 3.71. The van der Waals surface area contributed by atoms with Crippen molar-refractivity contribution in [1.82, 2.24) is 0 Å². The fourth-order valence-corrected chi connectivity index (χ4v) is 2.81. The number of benzene rings is 1. The molecule has 1 aliphatic heterocycles. The first-order valence-corrected chi connectivity index (χ1v) is 6.16. The molecule has 1 aromatic rings. The number of carbonyl (C=O) groups is 1. The van der Waals surface area contributed by atoms with Crippen molar-refractivity contribution >= 4 is 17.7 Å². The van der Waals surface area contributed by atoms with Crippen LogP contribution >= 0.6 is 11.8 Å². The van der Waals surface area contributed by atoms with Gasteiger partial charge in [-0.1, -0.05) is 30.3 Å². The number of rotatable bonds is 3. The standard InChI is InChI=1S/C12H14O2S/c1-9-7-11(12(13)14-9)15-8-10-5-3-2-4-6-10/h2-6,9,11H,7-8H2,1H3/t9-,11-/m1/s1. The molecule has 1 fully saturated rings. The van der Waals surface area contributed by atoms with Crippen LogP contribution < -0.4 is 0 Å². The Labute approximate surface area is 94.0 Å². The zero-order valence-electron chi connectivity index (χ0n) is 8.68. The Kier molecular flexibility index (Phi) is 3.31. The lowest BCUT2D eigenvalue weighted by molar-refractivity contribution is -0.140. The highest BCUT2D eigenvalue weighted by atomic mass is 32.2. The van der Waals surface area contributed by atoms with Gasteiger partial charge in [-0.25, -0.2) is 0 Å². The molecule has 0 aliphatic carbocycles. The van der Waals surface area contributed by atoms with Crippen LogP contribution in [-0.2, 0) is 15.3 Å². The van der Waals surface area contributed by atoms with E-state index in [2.05, 4.69) is 12.1 Å². The van der Waals surface area contributed by atoms with Crippen molar-refractivity contribution in [3.8, 4) is 0 Å². The minimum Gasteiger partial charge on any atom is -0.462 e. The Hall–Kier alpha value is -0.960. The molecule has 3 heteroatoms. The molecule has 0 bridgehead atoms. The Morgan fingerprint density at radius 1 is 1.40 bits per heavy atom. The van der Waals surface area contributed by atoms with Crippen LogP contribution in [0.4, 0.5) is 0 Å². The number of hydrogen-bond acceptors (Lipinski definition) is 3. The number of thioether (sulfide) groups is 1. The van der Waals surface area contributed by atoms with Crippen LogP contribution in [0.1, 0.15) is 18.9 Å². The summed E-state index contributed by atoms with van der Waals surface area (Å²) in [4.78, 5) is 11.4. The molecule has 0 saturated carbocycles. The zero-order valence-corrected chi connectivity index (χ0v) is 9.50. The van der Waals surface area contributed by atoms with Crippen LogP contribution in [0.15, 0.2) is 30.3 Å². The average Bonchev–Trinajstić information content (AvgIpc) is 2.56. The van der Waals surface area contributed by atoms with Gasteiger partial charge in [0.1, 0.15) is 11.4 Å². The fraction of sp³-hybridized carbons (Fsp3) is 0.417. The second-order valence-electron chi connectivity index (χ2n) is 3.77. The molecule has 0 spiro atoms. The van der Waals surface area contributed by atoms with Crippen molar-refractivity contribution in [3.63, 3.8) is 0 Å². The van der Waals surface area contributed by atoms with E-state index in [0.29, 0.717) is 0 Å². The summed E-state index contributed by atoms with van der Waals surface area (Å²) in [5, 5.41) is 0.0280. The summed E-state index contributed by atoms with van der Waals surface area (Å²) in [6.07, 6.45) is 0.932. The maximum absolute atomic E-state index is 11.4. The summed E-state index contributed by atoms with van der Waals surface area (Å²) in [5.74, 6) is 0.830. The maximum Gasteiger partial charge on any atom is 0.319 e. The van der Waals surface area contributed by atoms with Crippen LogP contribution in [0.5, 0.6) is 0 Å². The molecule has 15 heavy (non-hydrogen) atoms. The topological polar surface area (TPSA) is 26.3 Å². The molecule has 1 aliphatic rings. The van der Waals surface area contributed by atoms with Gasteiger partial charge >= 0.3 is 5.97 Å². The minimum absolute atomic E-state index is 0.0280. The highest BCUT2D eigenvalue weighted by Gasteiger charge is 2.31. The summed E-state index contributed by atoms with van der Waals surface area (Å²) >= 11 is 1.67. The van der Waals surface area contributed by atoms with E-state index in [1.54, 1.807) is 11.8 Å². The molecule has 2 atom stereocenters. The van der Waals surface area contributed by atoms with Gasteiger partial charge in [0.15, 0.2) is 0 Å². The minimum atomic E-state index is -0.0524. The first-order chi connectivity index (χ1) is 7.25. The molecule has 1 aromatic carbocycles. The van der Waals surface area contributed by atoms with E-state index >= 15 is 0 Å². The van der Waals surface area contributed by atoms with Crippen molar-refractivity contribution in [1.29, 1.82) is 0 Å². The molecular weight excluding hydrogens is 208 g/mol. The normalized spacial score (nSPS) is 25.3. The van der Waals surface area contributed by atoms with Gasteiger partial charge in [-0.2, -0.15) is 0 Å². The van der Waals surface area contributed by atoms with Gasteiger partial charge in [0.05, 0.1) is 0 Å². The molecule has 0 unspecified atom stereocenters.